The summed E-state index contributed by atoms with van der Waals surface area (Å²) in [5.74, 6) is 0.888. The van der Waals surface area contributed by atoms with Gasteiger partial charge in [-0.15, -0.1) is 0 Å². The van der Waals surface area contributed by atoms with E-state index in [2.05, 4.69) is 26.2 Å². The molecule has 22 heavy (non-hydrogen) atoms. The van der Waals surface area contributed by atoms with Crippen LogP contribution in [0.1, 0.15) is 25.7 Å². The van der Waals surface area contributed by atoms with E-state index >= 15 is 0 Å². The lowest BCUT2D eigenvalue weighted by atomic mass is 10.2. The number of unbranched alkanes of at least 4 members (excludes halogenated alkanes) is 3. The first-order chi connectivity index (χ1) is 10.9. The average molecular weight is 361 g/mol. The van der Waals surface area contributed by atoms with Crippen LogP contribution in [0.3, 0.4) is 0 Å². The van der Waals surface area contributed by atoms with Gasteiger partial charge >= 0.3 is 0 Å². The van der Waals surface area contributed by atoms with Gasteiger partial charge in [0, 0.05) is 5.33 Å². The molecule has 0 radical (unpaired) electrons. The van der Waals surface area contributed by atoms with Crippen LogP contribution in [0.4, 0.5) is 11.4 Å². The molecule has 3 nitrogen and oxygen atoms in total. The van der Waals surface area contributed by atoms with Gasteiger partial charge in [-0.1, -0.05) is 47.0 Å². The molecular weight excluding hydrogens is 340 g/mol. The van der Waals surface area contributed by atoms with Gasteiger partial charge < -0.3 is 4.74 Å². The standard InChI is InChI=1S/C18H21BrN2O/c19-14-6-1-2-7-15-22-18-12-10-17(11-13-18)21-20-16-8-4-3-5-9-16/h3-5,8-13H,1-2,6-7,14-15H2. The Labute approximate surface area is 140 Å². The fourth-order valence-corrected chi connectivity index (χ4v) is 2.36. The summed E-state index contributed by atoms with van der Waals surface area (Å²) in [7, 11) is 0. The van der Waals surface area contributed by atoms with E-state index in [0.717, 1.165) is 35.5 Å². The lowest BCUT2D eigenvalue weighted by molar-refractivity contribution is 0.305. The topological polar surface area (TPSA) is 34.0 Å². The summed E-state index contributed by atoms with van der Waals surface area (Å²) >= 11 is 3.44. The smallest absolute Gasteiger partial charge is 0.119 e. The minimum absolute atomic E-state index is 0.771. The predicted octanol–water partition coefficient (Wildman–Crippen LogP) is 6.44. The molecule has 116 valence electrons. The molecule has 0 saturated carbocycles. The van der Waals surface area contributed by atoms with E-state index in [1.165, 1.54) is 19.3 Å². The molecule has 0 amide bonds. The molecule has 4 heteroatoms. The molecule has 0 unspecified atom stereocenters. The van der Waals surface area contributed by atoms with E-state index in [-0.39, 0.29) is 0 Å². The monoisotopic (exact) mass is 360 g/mol. The molecule has 0 saturated heterocycles. The van der Waals surface area contributed by atoms with Crippen LogP contribution in [-0.4, -0.2) is 11.9 Å². The highest BCUT2D eigenvalue weighted by molar-refractivity contribution is 9.09. The average Bonchev–Trinajstić information content (AvgIpc) is 2.58. The Kier molecular flexibility index (Phi) is 7.67. The van der Waals surface area contributed by atoms with Crippen LogP contribution >= 0.6 is 15.9 Å². The third-order valence-corrected chi connectivity index (χ3v) is 3.73. The highest BCUT2D eigenvalue weighted by Crippen LogP contribution is 2.21. The van der Waals surface area contributed by atoms with E-state index in [4.69, 9.17) is 4.74 Å². The number of alkyl halides is 1. The second-order valence-corrected chi connectivity index (χ2v) is 5.77. The summed E-state index contributed by atoms with van der Waals surface area (Å²) in [6, 6.07) is 17.4. The maximum absolute atomic E-state index is 5.72. The first kappa shape index (κ1) is 16.7. The highest BCUT2D eigenvalue weighted by atomic mass is 79.9. The lowest BCUT2D eigenvalue weighted by Crippen LogP contribution is -1.96. The van der Waals surface area contributed by atoms with Crippen LogP contribution in [-0.2, 0) is 0 Å². The zero-order valence-electron chi connectivity index (χ0n) is 12.6. The molecule has 0 aliphatic carbocycles. The SMILES string of the molecule is BrCCCCCCOc1ccc(N=Nc2ccccc2)cc1. The lowest BCUT2D eigenvalue weighted by Gasteiger charge is -2.05. The highest BCUT2D eigenvalue weighted by Gasteiger charge is 1.96. The third kappa shape index (κ3) is 6.39. The van der Waals surface area contributed by atoms with Crippen LogP contribution in [0.25, 0.3) is 0 Å². The van der Waals surface area contributed by atoms with Crippen LogP contribution in [0, 0.1) is 0 Å². The van der Waals surface area contributed by atoms with Crippen molar-refractivity contribution in [1.82, 2.24) is 0 Å². The minimum atomic E-state index is 0.771. The van der Waals surface area contributed by atoms with Crippen molar-refractivity contribution in [3.8, 4) is 5.75 Å². The number of hydrogen-bond acceptors (Lipinski definition) is 3. The zero-order chi connectivity index (χ0) is 15.5. The fourth-order valence-electron chi connectivity index (χ4n) is 1.96. The summed E-state index contributed by atoms with van der Waals surface area (Å²) in [4.78, 5) is 0. The van der Waals surface area contributed by atoms with Crippen molar-refractivity contribution >= 4 is 27.3 Å². The number of rotatable bonds is 9. The Balaban J connectivity index is 1.74. The molecule has 0 bridgehead atoms. The Morgan fingerprint density at radius 2 is 1.36 bits per heavy atom. The quantitative estimate of drug-likeness (QED) is 0.288. The van der Waals surface area contributed by atoms with Crippen molar-refractivity contribution in [2.75, 3.05) is 11.9 Å². The van der Waals surface area contributed by atoms with E-state index in [1.54, 1.807) is 0 Å². The normalized spacial score (nSPS) is 11.0. The van der Waals surface area contributed by atoms with E-state index in [9.17, 15) is 0 Å². The van der Waals surface area contributed by atoms with Gasteiger partial charge in [0.15, 0.2) is 0 Å². The molecule has 0 fully saturated rings. The first-order valence-electron chi connectivity index (χ1n) is 7.64. The van der Waals surface area contributed by atoms with Gasteiger partial charge in [-0.2, -0.15) is 10.2 Å². The molecule has 0 aromatic heterocycles. The second kappa shape index (κ2) is 10.1. The molecule has 2 aromatic rings. The van der Waals surface area contributed by atoms with Gasteiger partial charge in [0.2, 0.25) is 0 Å². The number of ether oxygens (including phenoxy) is 1. The number of hydrogen-bond donors (Lipinski definition) is 0. The van der Waals surface area contributed by atoms with Crippen molar-refractivity contribution in [2.24, 2.45) is 10.2 Å². The number of azo groups is 1. The molecular formula is C18H21BrN2O. The van der Waals surface area contributed by atoms with Gasteiger partial charge in [-0.3, -0.25) is 0 Å². The van der Waals surface area contributed by atoms with Gasteiger partial charge in [0.25, 0.3) is 0 Å². The third-order valence-electron chi connectivity index (χ3n) is 3.17. The zero-order valence-corrected chi connectivity index (χ0v) is 14.2. The summed E-state index contributed by atoms with van der Waals surface area (Å²) in [5.41, 5.74) is 1.68. The van der Waals surface area contributed by atoms with Crippen molar-refractivity contribution in [2.45, 2.75) is 25.7 Å². The van der Waals surface area contributed by atoms with Gasteiger partial charge in [0.05, 0.1) is 18.0 Å². The molecule has 0 aliphatic heterocycles. The number of halogens is 1. The van der Waals surface area contributed by atoms with E-state index < -0.39 is 0 Å². The molecule has 0 N–H and O–H groups in total. The Morgan fingerprint density at radius 3 is 2.05 bits per heavy atom. The predicted molar refractivity (Wildman–Crippen MR) is 94.8 cm³/mol. The van der Waals surface area contributed by atoms with Crippen molar-refractivity contribution in [3.05, 3.63) is 54.6 Å². The number of benzene rings is 2. The van der Waals surface area contributed by atoms with Gasteiger partial charge in [-0.05, 0) is 49.2 Å². The second-order valence-electron chi connectivity index (χ2n) is 4.98. The Morgan fingerprint density at radius 1 is 0.727 bits per heavy atom. The van der Waals surface area contributed by atoms with Crippen molar-refractivity contribution < 1.29 is 4.74 Å². The first-order valence-corrected chi connectivity index (χ1v) is 8.76. The molecule has 0 heterocycles. The maximum atomic E-state index is 5.72. The van der Waals surface area contributed by atoms with Crippen LogP contribution in [0.15, 0.2) is 64.8 Å². The van der Waals surface area contributed by atoms with Crippen molar-refractivity contribution in [1.29, 1.82) is 0 Å². The maximum Gasteiger partial charge on any atom is 0.119 e. The summed E-state index contributed by atoms with van der Waals surface area (Å²) in [6.07, 6.45) is 4.81. The molecule has 0 aliphatic rings. The van der Waals surface area contributed by atoms with E-state index in [0.29, 0.717) is 0 Å². The Bertz CT molecular complexity index is 555. The summed E-state index contributed by atoms with van der Waals surface area (Å²) < 4.78 is 5.72. The van der Waals surface area contributed by atoms with E-state index in [1.807, 2.05) is 54.6 Å². The van der Waals surface area contributed by atoms with Crippen molar-refractivity contribution in [3.63, 3.8) is 0 Å². The molecule has 2 aromatic carbocycles. The molecule has 0 atom stereocenters. The van der Waals surface area contributed by atoms with Gasteiger partial charge in [-0.25, -0.2) is 0 Å². The Hall–Kier alpha value is -1.68. The van der Waals surface area contributed by atoms with Crippen LogP contribution < -0.4 is 4.74 Å². The molecule has 0 spiro atoms. The van der Waals surface area contributed by atoms with Crippen LogP contribution in [0.5, 0.6) is 5.75 Å². The molecule has 2 rings (SSSR count). The fraction of sp³-hybridized carbons (Fsp3) is 0.333. The minimum Gasteiger partial charge on any atom is -0.494 e. The summed E-state index contributed by atoms with van der Waals surface area (Å²) in [6.45, 7) is 0.771. The largest absolute Gasteiger partial charge is 0.494 e. The number of nitrogens with zero attached hydrogens (tertiary/aromatic N) is 2. The van der Waals surface area contributed by atoms with Gasteiger partial charge in [0.1, 0.15) is 5.75 Å². The summed E-state index contributed by atoms with van der Waals surface area (Å²) in [5, 5.41) is 9.49. The van der Waals surface area contributed by atoms with Crippen LogP contribution in [0.2, 0.25) is 0 Å².